The zero-order valence-electron chi connectivity index (χ0n) is 15.2. The number of carbonyl (C=O) groups is 1. The molecule has 1 amide bonds. The molecule has 0 atom stereocenters. The van der Waals surface area contributed by atoms with E-state index in [0.717, 1.165) is 24.3 Å². The molecule has 2 aliphatic rings. The fourth-order valence-electron chi connectivity index (χ4n) is 3.40. The lowest BCUT2D eigenvalue weighted by atomic mass is 10.1. The van der Waals surface area contributed by atoms with E-state index in [1.54, 1.807) is 18.1 Å². The maximum atomic E-state index is 12.6. The number of benzene rings is 1. The monoisotopic (exact) mass is 355 g/mol. The zero-order chi connectivity index (χ0) is 18.4. The molecule has 1 aromatic carbocycles. The van der Waals surface area contributed by atoms with Crippen LogP contribution in [0, 0.1) is 11.3 Å². The van der Waals surface area contributed by atoms with Gasteiger partial charge in [0.25, 0.3) is 5.91 Å². The number of anilines is 1. The highest BCUT2D eigenvalue weighted by Crippen LogP contribution is 2.29. The summed E-state index contributed by atoms with van der Waals surface area (Å²) in [5.41, 5.74) is 1.99. The second kappa shape index (κ2) is 8.72. The van der Waals surface area contributed by atoms with Crippen molar-refractivity contribution < 1.29 is 14.3 Å². The third-order valence-corrected chi connectivity index (χ3v) is 4.89. The summed E-state index contributed by atoms with van der Waals surface area (Å²) in [7, 11) is 1.61. The van der Waals surface area contributed by atoms with Crippen LogP contribution in [-0.4, -0.2) is 57.3 Å². The van der Waals surface area contributed by atoms with Crippen molar-refractivity contribution in [2.75, 3.05) is 51.4 Å². The van der Waals surface area contributed by atoms with E-state index in [2.05, 4.69) is 4.90 Å². The van der Waals surface area contributed by atoms with Gasteiger partial charge in [0.1, 0.15) is 17.4 Å². The minimum Gasteiger partial charge on any atom is -0.496 e. The highest BCUT2D eigenvalue weighted by Gasteiger charge is 2.21. The smallest absolute Gasteiger partial charge is 0.264 e. The number of hydrogen-bond donors (Lipinski definition) is 0. The number of hydrogen-bond acceptors (Lipinski definition) is 5. The maximum Gasteiger partial charge on any atom is 0.264 e. The zero-order valence-corrected chi connectivity index (χ0v) is 15.2. The highest BCUT2D eigenvalue weighted by molar-refractivity contribution is 6.02. The molecule has 0 N–H and O–H groups in total. The number of carbonyl (C=O) groups excluding carboxylic acids is 1. The number of rotatable bonds is 4. The highest BCUT2D eigenvalue weighted by atomic mass is 16.5. The van der Waals surface area contributed by atoms with Crippen LogP contribution in [0.15, 0.2) is 23.8 Å². The molecule has 2 saturated heterocycles. The molecule has 0 aromatic heterocycles. The molecule has 0 spiro atoms. The lowest BCUT2D eigenvalue weighted by Gasteiger charge is -2.29. The van der Waals surface area contributed by atoms with Crippen molar-refractivity contribution in [1.82, 2.24) is 4.90 Å². The van der Waals surface area contributed by atoms with Crippen LogP contribution >= 0.6 is 0 Å². The van der Waals surface area contributed by atoms with Crippen LogP contribution in [0.1, 0.15) is 24.8 Å². The van der Waals surface area contributed by atoms with E-state index in [0.29, 0.717) is 32.1 Å². The number of amides is 1. The van der Waals surface area contributed by atoms with Gasteiger partial charge in [-0.25, -0.2) is 0 Å². The average Bonchev–Trinajstić information content (AvgIpc) is 2.72. The standard InChI is InChI=1S/C20H25N3O3/c1-25-19-14-18(22-7-3-2-4-8-22)6-5-16(19)13-17(15-21)20(24)23-9-11-26-12-10-23/h5-6,13-14H,2-4,7-12H2,1H3/b17-13-. The molecule has 6 nitrogen and oxygen atoms in total. The summed E-state index contributed by atoms with van der Waals surface area (Å²) in [6, 6.07) is 7.99. The third kappa shape index (κ3) is 4.17. The van der Waals surface area contributed by atoms with Gasteiger partial charge in [0.15, 0.2) is 0 Å². The summed E-state index contributed by atoms with van der Waals surface area (Å²) in [4.78, 5) is 16.6. The molecule has 26 heavy (non-hydrogen) atoms. The first kappa shape index (κ1) is 18.3. The Morgan fingerprint density at radius 1 is 1.19 bits per heavy atom. The van der Waals surface area contributed by atoms with Crippen LogP contribution in [0.25, 0.3) is 6.08 Å². The molecule has 0 saturated carbocycles. The second-order valence-electron chi connectivity index (χ2n) is 6.55. The number of nitrogens with zero attached hydrogens (tertiary/aromatic N) is 3. The molecular formula is C20H25N3O3. The van der Waals surface area contributed by atoms with Gasteiger partial charge in [0.05, 0.1) is 20.3 Å². The predicted molar refractivity (Wildman–Crippen MR) is 100 cm³/mol. The van der Waals surface area contributed by atoms with Gasteiger partial charge >= 0.3 is 0 Å². The number of morpholine rings is 1. The minimum absolute atomic E-state index is 0.121. The van der Waals surface area contributed by atoms with Crippen LogP contribution in [0.3, 0.4) is 0 Å². The molecule has 6 heteroatoms. The molecule has 0 aliphatic carbocycles. The summed E-state index contributed by atoms with van der Waals surface area (Å²) in [5, 5.41) is 9.46. The van der Waals surface area contributed by atoms with Crippen molar-refractivity contribution in [2.24, 2.45) is 0 Å². The summed E-state index contributed by atoms with van der Waals surface area (Å²) in [5.74, 6) is 0.425. The predicted octanol–water partition coefficient (Wildman–Crippen LogP) is 2.45. The molecule has 0 radical (unpaired) electrons. The van der Waals surface area contributed by atoms with Gasteiger partial charge in [0, 0.05) is 43.5 Å². The summed E-state index contributed by atoms with van der Waals surface area (Å²) >= 11 is 0. The molecule has 0 bridgehead atoms. The molecule has 2 heterocycles. The van der Waals surface area contributed by atoms with Crippen LogP contribution in [0.5, 0.6) is 5.75 Å². The molecule has 3 rings (SSSR count). The first-order chi connectivity index (χ1) is 12.7. The number of ether oxygens (including phenoxy) is 2. The summed E-state index contributed by atoms with van der Waals surface area (Å²) in [6.45, 7) is 4.16. The Hall–Kier alpha value is -2.52. The van der Waals surface area contributed by atoms with Gasteiger partial charge in [-0.3, -0.25) is 4.79 Å². The van der Waals surface area contributed by atoms with Crippen LogP contribution in [0.2, 0.25) is 0 Å². The van der Waals surface area contributed by atoms with Gasteiger partial charge in [-0.2, -0.15) is 5.26 Å². The Bertz CT molecular complexity index is 712. The maximum absolute atomic E-state index is 12.6. The number of piperidine rings is 1. The van der Waals surface area contributed by atoms with E-state index in [9.17, 15) is 10.1 Å². The van der Waals surface area contributed by atoms with Gasteiger partial charge in [-0.05, 0) is 37.5 Å². The van der Waals surface area contributed by atoms with Crippen molar-refractivity contribution >= 4 is 17.7 Å². The summed E-state index contributed by atoms with van der Waals surface area (Å²) < 4.78 is 10.8. The van der Waals surface area contributed by atoms with Gasteiger partial charge in [0.2, 0.25) is 0 Å². The quantitative estimate of drug-likeness (QED) is 0.613. The Balaban J connectivity index is 1.83. The van der Waals surface area contributed by atoms with Gasteiger partial charge < -0.3 is 19.3 Å². The molecule has 2 fully saturated rings. The molecule has 138 valence electrons. The van der Waals surface area contributed by atoms with Gasteiger partial charge in [-0.15, -0.1) is 0 Å². The first-order valence-electron chi connectivity index (χ1n) is 9.14. The molecule has 0 unspecified atom stereocenters. The Labute approximate surface area is 154 Å². The third-order valence-electron chi connectivity index (χ3n) is 4.89. The fraction of sp³-hybridized carbons (Fsp3) is 0.500. The Morgan fingerprint density at radius 2 is 1.92 bits per heavy atom. The van der Waals surface area contributed by atoms with Crippen LogP contribution in [-0.2, 0) is 9.53 Å². The minimum atomic E-state index is -0.252. The second-order valence-corrected chi connectivity index (χ2v) is 6.55. The van der Waals surface area contributed by atoms with E-state index in [-0.39, 0.29) is 11.5 Å². The Kier molecular flexibility index (Phi) is 6.13. The number of nitriles is 1. The lowest BCUT2D eigenvalue weighted by molar-refractivity contribution is -0.130. The van der Waals surface area contributed by atoms with Crippen molar-refractivity contribution in [2.45, 2.75) is 19.3 Å². The van der Waals surface area contributed by atoms with Crippen molar-refractivity contribution in [3.63, 3.8) is 0 Å². The van der Waals surface area contributed by atoms with Crippen molar-refractivity contribution in [1.29, 1.82) is 5.26 Å². The largest absolute Gasteiger partial charge is 0.496 e. The van der Waals surface area contributed by atoms with E-state index in [1.165, 1.54) is 19.3 Å². The van der Waals surface area contributed by atoms with E-state index in [4.69, 9.17) is 9.47 Å². The van der Waals surface area contributed by atoms with E-state index < -0.39 is 0 Å². The molecule has 1 aromatic rings. The summed E-state index contributed by atoms with van der Waals surface area (Å²) in [6.07, 6.45) is 5.31. The molecular weight excluding hydrogens is 330 g/mol. The number of methoxy groups -OCH3 is 1. The van der Waals surface area contributed by atoms with Gasteiger partial charge in [-0.1, -0.05) is 0 Å². The lowest BCUT2D eigenvalue weighted by Crippen LogP contribution is -2.41. The first-order valence-corrected chi connectivity index (χ1v) is 9.14. The normalized spacial score (nSPS) is 18.4. The van der Waals surface area contributed by atoms with E-state index in [1.807, 2.05) is 24.3 Å². The Morgan fingerprint density at radius 3 is 2.58 bits per heavy atom. The van der Waals surface area contributed by atoms with Crippen molar-refractivity contribution in [3.05, 3.63) is 29.3 Å². The fourth-order valence-corrected chi connectivity index (χ4v) is 3.40. The van der Waals surface area contributed by atoms with Crippen LogP contribution < -0.4 is 9.64 Å². The average molecular weight is 355 g/mol. The SMILES string of the molecule is COc1cc(N2CCCCC2)ccc1/C=C(/C#N)C(=O)N1CCOCC1. The van der Waals surface area contributed by atoms with E-state index >= 15 is 0 Å². The van der Waals surface area contributed by atoms with Crippen molar-refractivity contribution in [3.8, 4) is 11.8 Å². The topological polar surface area (TPSA) is 65.8 Å². The molecule has 2 aliphatic heterocycles. The van der Waals surface area contributed by atoms with Crippen LogP contribution in [0.4, 0.5) is 5.69 Å².